The molecule has 2 nitrogen and oxygen atoms in total. The lowest BCUT2D eigenvalue weighted by atomic mass is 9.80. The van der Waals surface area contributed by atoms with Crippen molar-refractivity contribution in [2.24, 2.45) is 0 Å². The first-order valence-corrected chi connectivity index (χ1v) is 23.4. The predicted octanol–water partition coefficient (Wildman–Crippen LogP) is 17.9. The molecular weight excluding hydrogens is 821 g/mol. The van der Waals surface area contributed by atoms with Crippen molar-refractivity contribution >= 4 is 43.6 Å². The van der Waals surface area contributed by atoms with Crippen LogP contribution in [0, 0.1) is 0 Å². The fraction of sp³-hybridized carbons (Fsp3) is 0. The lowest BCUT2D eigenvalue weighted by Crippen LogP contribution is -2.00. The zero-order valence-electron chi connectivity index (χ0n) is 37.3. The van der Waals surface area contributed by atoms with E-state index in [1.165, 1.54) is 99.3 Å². The normalized spacial score (nSPS) is 11.5. The van der Waals surface area contributed by atoms with Crippen molar-refractivity contribution < 1.29 is 0 Å². The van der Waals surface area contributed by atoms with Crippen LogP contribution >= 0.6 is 0 Å². The number of fused-ring (bicyclic) bond motifs is 6. The summed E-state index contributed by atoms with van der Waals surface area (Å²) in [6.45, 7) is 0. The second-order valence-corrected chi connectivity index (χ2v) is 17.6. The molecule has 0 spiro atoms. The SMILES string of the molecule is c1ccc(-c2ccc(-n3c4ccccc4c4cc(-c5ccc6c7c(-c8ccccc8)c(-c8ccccc8)c(-c8ccccc8)c(-c8ccccc8)c7n(-c7ccccc7)c6c5)ccc43)cc2)cc1. The van der Waals surface area contributed by atoms with Crippen LogP contribution in [0.4, 0.5) is 0 Å². The molecule has 0 saturated carbocycles. The number of para-hydroxylation sites is 2. The van der Waals surface area contributed by atoms with Gasteiger partial charge in [-0.3, -0.25) is 0 Å². The summed E-state index contributed by atoms with van der Waals surface area (Å²) in [5.74, 6) is 0. The zero-order valence-corrected chi connectivity index (χ0v) is 37.3. The van der Waals surface area contributed by atoms with E-state index in [2.05, 4.69) is 276 Å². The van der Waals surface area contributed by atoms with Crippen molar-refractivity contribution in [2.75, 3.05) is 0 Å². The van der Waals surface area contributed by atoms with Gasteiger partial charge >= 0.3 is 0 Å². The van der Waals surface area contributed by atoms with Crippen LogP contribution in [0.3, 0.4) is 0 Å². The molecule has 0 aliphatic carbocycles. The van der Waals surface area contributed by atoms with Crippen molar-refractivity contribution in [3.05, 3.63) is 267 Å². The second-order valence-electron chi connectivity index (χ2n) is 17.6. The molecule has 0 radical (unpaired) electrons. The predicted molar refractivity (Wildman–Crippen MR) is 288 cm³/mol. The average Bonchev–Trinajstić information content (AvgIpc) is 3.94. The van der Waals surface area contributed by atoms with Gasteiger partial charge in [0, 0.05) is 49.6 Å². The maximum Gasteiger partial charge on any atom is 0.0632 e. The molecule has 2 aromatic heterocycles. The van der Waals surface area contributed by atoms with Crippen LogP contribution in [0.2, 0.25) is 0 Å². The van der Waals surface area contributed by atoms with Crippen LogP contribution in [0.15, 0.2) is 267 Å². The maximum absolute atomic E-state index is 2.54. The van der Waals surface area contributed by atoms with E-state index in [0.717, 1.165) is 22.5 Å². The Morgan fingerprint density at radius 1 is 0.206 bits per heavy atom. The van der Waals surface area contributed by atoms with Gasteiger partial charge in [0.2, 0.25) is 0 Å². The fourth-order valence-corrected chi connectivity index (χ4v) is 10.7. The second kappa shape index (κ2) is 16.5. The van der Waals surface area contributed by atoms with Crippen LogP contribution in [0.1, 0.15) is 0 Å². The molecule has 0 bridgehead atoms. The smallest absolute Gasteiger partial charge is 0.0632 e. The molecule has 0 unspecified atom stereocenters. The monoisotopic (exact) mass is 864 g/mol. The minimum absolute atomic E-state index is 1.11. The van der Waals surface area contributed by atoms with E-state index in [4.69, 9.17) is 0 Å². The highest BCUT2D eigenvalue weighted by Crippen LogP contribution is 2.54. The summed E-state index contributed by atoms with van der Waals surface area (Å²) in [7, 11) is 0. The Bertz CT molecular complexity index is 3950. The number of rotatable bonds is 8. The van der Waals surface area contributed by atoms with E-state index < -0.39 is 0 Å². The van der Waals surface area contributed by atoms with Crippen LogP contribution in [0.25, 0.3) is 122 Å². The quantitative estimate of drug-likeness (QED) is 0.144. The Morgan fingerprint density at radius 2 is 0.618 bits per heavy atom. The van der Waals surface area contributed by atoms with Crippen LogP contribution in [-0.2, 0) is 0 Å². The summed E-state index contributed by atoms with van der Waals surface area (Å²) < 4.78 is 4.94. The number of hydrogen-bond acceptors (Lipinski definition) is 0. The van der Waals surface area contributed by atoms with E-state index >= 15 is 0 Å². The first kappa shape index (κ1) is 39.4. The first-order chi connectivity index (χ1) is 33.8. The third-order valence-electron chi connectivity index (χ3n) is 13.7. The summed E-state index contributed by atoms with van der Waals surface area (Å²) in [5, 5.41) is 4.90. The molecule has 13 rings (SSSR count). The van der Waals surface area contributed by atoms with Crippen molar-refractivity contribution in [1.82, 2.24) is 9.13 Å². The maximum atomic E-state index is 2.54. The molecule has 2 heterocycles. The first-order valence-electron chi connectivity index (χ1n) is 23.4. The largest absolute Gasteiger partial charge is 0.309 e. The highest BCUT2D eigenvalue weighted by molar-refractivity contribution is 6.27. The molecule has 0 saturated heterocycles. The van der Waals surface area contributed by atoms with Gasteiger partial charge in [-0.1, -0.05) is 218 Å². The molecule has 13 aromatic rings. The molecular formula is C66H44N2. The molecule has 0 amide bonds. The standard InChI is InChI=1S/C66H44N2/c1-7-21-45(22-8-1)46-35-39-54(40-36-46)67-58-34-20-19-33-55(58)57-43-51(38-42-59(57)67)52-37-41-56-60(44-52)68(53-31-17-6-18-32-53)66-64(50-29-15-5-16-30-50)62(48-25-11-3-12-26-48)61(47-23-9-2-10-24-47)63(65(56)66)49-27-13-4-14-28-49/h1-44H. The van der Waals surface area contributed by atoms with Gasteiger partial charge < -0.3 is 9.13 Å². The molecule has 0 atom stereocenters. The highest BCUT2D eigenvalue weighted by atomic mass is 15.0. The van der Waals surface area contributed by atoms with Gasteiger partial charge in [0.1, 0.15) is 0 Å². The summed E-state index contributed by atoms with van der Waals surface area (Å²) >= 11 is 0. The third kappa shape index (κ3) is 6.49. The van der Waals surface area contributed by atoms with Gasteiger partial charge in [0.05, 0.1) is 22.1 Å². The van der Waals surface area contributed by atoms with Crippen LogP contribution in [-0.4, -0.2) is 9.13 Å². The lowest BCUT2D eigenvalue weighted by Gasteiger charge is -2.24. The molecule has 318 valence electrons. The van der Waals surface area contributed by atoms with Gasteiger partial charge in [-0.15, -0.1) is 0 Å². The molecule has 11 aromatic carbocycles. The topological polar surface area (TPSA) is 9.86 Å². The van der Waals surface area contributed by atoms with Gasteiger partial charge in [-0.05, 0) is 98.6 Å². The number of benzene rings is 11. The summed E-state index contributed by atoms with van der Waals surface area (Å²) in [5.41, 5.74) is 21.3. The van der Waals surface area contributed by atoms with Gasteiger partial charge in [0.15, 0.2) is 0 Å². The Labute approximate surface area is 395 Å². The fourth-order valence-electron chi connectivity index (χ4n) is 10.7. The van der Waals surface area contributed by atoms with E-state index in [-0.39, 0.29) is 0 Å². The van der Waals surface area contributed by atoms with Crippen molar-refractivity contribution in [2.45, 2.75) is 0 Å². The Kier molecular flexibility index (Phi) is 9.54. The van der Waals surface area contributed by atoms with E-state index in [9.17, 15) is 0 Å². The Hall–Kier alpha value is -8.98. The minimum Gasteiger partial charge on any atom is -0.309 e. The lowest BCUT2D eigenvalue weighted by molar-refractivity contribution is 1.18. The minimum atomic E-state index is 1.11. The summed E-state index contributed by atoms with van der Waals surface area (Å²) in [4.78, 5) is 0. The van der Waals surface area contributed by atoms with Crippen LogP contribution in [0.5, 0.6) is 0 Å². The third-order valence-corrected chi connectivity index (χ3v) is 13.7. The van der Waals surface area contributed by atoms with Crippen molar-refractivity contribution in [3.8, 4) is 78.1 Å². The number of nitrogens with zero attached hydrogens (tertiary/aromatic N) is 2. The molecule has 2 heteroatoms. The number of aromatic nitrogens is 2. The van der Waals surface area contributed by atoms with E-state index in [0.29, 0.717) is 0 Å². The van der Waals surface area contributed by atoms with E-state index in [1.807, 2.05) is 0 Å². The van der Waals surface area contributed by atoms with Crippen LogP contribution < -0.4 is 0 Å². The molecule has 68 heavy (non-hydrogen) atoms. The Balaban J connectivity index is 1.12. The van der Waals surface area contributed by atoms with Gasteiger partial charge in [-0.25, -0.2) is 0 Å². The van der Waals surface area contributed by atoms with Gasteiger partial charge in [-0.2, -0.15) is 0 Å². The molecule has 0 aliphatic heterocycles. The molecule has 0 aliphatic rings. The molecule has 0 N–H and O–H groups in total. The van der Waals surface area contributed by atoms with E-state index in [1.54, 1.807) is 0 Å². The Morgan fingerprint density at radius 3 is 1.22 bits per heavy atom. The summed E-state index contributed by atoms with van der Waals surface area (Å²) in [6.07, 6.45) is 0. The molecule has 0 fully saturated rings. The highest BCUT2D eigenvalue weighted by Gasteiger charge is 2.29. The van der Waals surface area contributed by atoms with Gasteiger partial charge in [0.25, 0.3) is 0 Å². The van der Waals surface area contributed by atoms with Crippen molar-refractivity contribution in [1.29, 1.82) is 0 Å². The summed E-state index contributed by atoms with van der Waals surface area (Å²) in [6, 6.07) is 97.5. The van der Waals surface area contributed by atoms with Crippen molar-refractivity contribution in [3.63, 3.8) is 0 Å². The number of hydrogen-bond donors (Lipinski definition) is 0. The zero-order chi connectivity index (χ0) is 45.0. The average molecular weight is 865 g/mol.